The minimum absolute atomic E-state index is 0.156. The largest absolute Gasteiger partial charge is 0.350 e. The zero-order valence-electron chi connectivity index (χ0n) is 15.9. The summed E-state index contributed by atoms with van der Waals surface area (Å²) in [6, 6.07) is 8.82. The molecule has 0 atom stereocenters. The number of nitrogens with one attached hydrogen (secondary N) is 1. The van der Waals surface area contributed by atoms with Crippen molar-refractivity contribution in [3.8, 4) is 10.6 Å². The molecule has 27 heavy (non-hydrogen) atoms. The zero-order chi connectivity index (χ0) is 19.6. The van der Waals surface area contributed by atoms with Crippen LogP contribution in [0.4, 0.5) is 0 Å². The van der Waals surface area contributed by atoms with Crippen LogP contribution in [0.15, 0.2) is 35.1 Å². The number of hydrogen-bond donors (Lipinski definition) is 1. The van der Waals surface area contributed by atoms with Gasteiger partial charge in [0.1, 0.15) is 5.69 Å². The van der Waals surface area contributed by atoms with Gasteiger partial charge in [0.15, 0.2) is 0 Å². The molecule has 0 bridgehead atoms. The minimum atomic E-state index is -0.196. The van der Waals surface area contributed by atoms with Gasteiger partial charge in [-0.15, -0.1) is 11.3 Å². The normalized spacial score (nSPS) is 10.8. The van der Waals surface area contributed by atoms with Crippen molar-refractivity contribution in [1.82, 2.24) is 20.1 Å². The van der Waals surface area contributed by atoms with Crippen molar-refractivity contribution in [2.75, 3.05) is 6.54 Å². The second-order valence-corrected chi connectivity index (χ2v) is 7.69. The van der Waals surface area contributed by atoms with Crippen LogP contribution in [0.5, 0.6) is 0 Å². The van der Waals surface area contributed by atoms with Crippen LogP contribution in [-0.4, -0.2) is 27.2 Å². The van der Waals surface area contributed by atoms with Gasteiger partial charge < -0.3 is 5.32 Å². The van der Waals surface area contributed by atoms with Gasteiger partial charge in [-0.05, 0) is 57.0 Å². The van der Waals surface area contributed by atoms with E-state index < -0.39 is 0 Å². The monoisotopic (exact) mass is 382 g/mol. The first-order valence-electron chi connectivity index (χ1n) is 8.73. The smallest absolute Gasteiger partial charge is 0.266 e. The highest BCUT2D eigenvalue weighted by Crippen LogP contribution is 2.27. The van der Waals surface area contributed by atoms with E-state index in [0.717, 1.165) is 32.4 Å². The minimum Gasteiger partial charge on any atom is -0.350 e. The summed E-state index contributed by atoms with van der Waals surface area (Å²) in [7, 11) is 0. The van der Waals surface area contributed by atoms with Crippen LogP contribution in [-0.2, 0) is 6.54 Å². The van der Waals surface area contributed by atoms with Gasteiger partial charge in [0, 0.05) is 18.2 Å². The van der Waals surface area contributed by atoms with Gasteiger partial charge in [-0.3, -0.25) is 9.59 Å². The van der Waals surface area contributed by atoms with E-state index in [4.69, 9.17) is 0 Å². The summed E-state index contributed by atoms with van der Waals surface area (Å²) in [4.78, 5) is 29.8. The second kappa shape index (κ2) is 7.84. The molecule has 7 heteroatoms. The maximum absolute atomic E-state index is 12.3. The second-order valence-electron chi connectivity index (χ2n) is 6.48. The number of aromatic nitrogens is 3. The Kier molecular flexibility index (Phi) is 5.51. The van der Waals surface area contributed by atoms with Crippen molar-refractivity contribution in [3.05, 3.63) is 68.1 Å². The summed E-state index contributed by atoms with van der Waals surface area (Å²) in [6.45, 7) is 8.49. The molecule has 0 aliphatic heterocycles. The highest BCUT2D eigenvalue weighted by molar-refractivity contribution is 7.15. The SMILES string of the molecule is Cc1nc(C)c(-c2ccc(=O)n(CCNC(=O)c3ccc(C)c(C)c3)n2)s1. The van der Waals surface area contributed by atoms with E-state index in [2.05, 4.69) is 15.4 Å². The van der Waals surface area contributed by atoms with Gasteiger partial charge in [0.05, 0.1) is 22.1 Å². The van der Waals surface area contributed by atoms with E-state index in [9.17, 15) is 9.59 Å². The molecule has 3 aromatic rings. The average Bonchev–Trinajstić information content (AvgIpc) is 2.97. The zero-order valence-corrected chi connectivity index (χ0v) is 16.7. The fraction of sp³-hybridized carbons (Fsp3) is 0.300. The van der Waals surface area contributed by atoms with Gasteiger partial charge in [-0.25, -0.2) is 9.67 Å². The third kappa shape index (κ3) is 4.31. The fourth-order valence-electron chi connectivity index (χ4n) is 2.76. The number of thiazole rings is 1. The molecule has 2 heterocycles. The Balaban J connectivity index is 1.70. The van der Waals surface area contributed by atoms with Crippen LogP contribution in [0.25, 0.3) is 10.6 Å². The van der Waals surface area contributed by atoms with Gasteiger partial charge >= 0.3 is 0 Å². The molecule has 0 radical (unpaired) electrons. The van der Waals surface area contributed by atoms with Crippen molar-refractivity contribution in [2.24, 2.45) is 0 Å². The van der Waals surface area contributed by atoms with E-state index >= 15 is 0 Å². The number of amides is 1. The first-order valence-corrected chi connectivity index (χ1v) is 9.55. The fourth-order valence-corrected chi connectivity index (χ4v) is 3.64. The molecule has 0 aliphatic rings. The van der Waals surface area contributed by atoms with Crippen molar-refractivity contribution in [3.63, 3.8) is 0 Å². The van der Waals surface area contributed by atoms with Crippen molar-refractivity contribution < 1.29 is 4.79 Å². The molecule has 1 amide bonds. The Bertz CT molecular complexity index is 1050. The lowest BCUT2D eigenvalue weighted by Crippen LogP contribution is -2.32. The van der Waals surface area contributed by atoms with Crippen molar-refractivity contribution >= 4 is 17.2 Å². The number of aryl methyl sites for hydroxylation is 4. The van der Waals surface area contributed by atoms with E-state index in [0.29, 0.717) is 18.7 Å². The van der Waals surface area contributed by atoms with Crippen molar-refractivity contribution in [1.29, 1.82) is 0 Å². The van der Waals surface area contributed by atoms with E-state index in [1.807, 2.05) is 39.8 Å². The standard InChI is InChI=1S/C20H22N4O2S/c1-12-5-6-16(11-13(12)2)20(26)21-9-10-24-18(25)8-7-17(23-24)19-14(3)22-15(4)27-19/h5-8,11H,9-10H2,1-4H3,(H,21,26). The molecule has 0 unspecified atom stereocenters. The lowest BCUT2D eigenvalue weighted by atomic mass is 10.1. The number of hydrogen-bond acceptors (Lipinski definition) is 5. The summed E-state index contributed by atoms with van der Waals surface area (Å²) in [5.41, 5.74) is 4.26. The molecule has 0 saturated carbocycles. The van der Waals surface area contributed by atoms with Crippen LogP contribution < -0.4 is 10.9 Å². The van der Waals surface area contributed by atoms with Crippen LogP contribution in [0.1, 0.15) is 32.2 Å². The highest BCUT2D eigenvalue weighted by atomic mass is 32.1. The predicted molar refractivity (Wildman–Crippen MR) is 107 cm³/mol. The lowest BCUT2D eigenvalue weighted by molar-refractivity contribution is 0.0951. The Morgan fingerprint density at radius 1 is 1.11 bits per heavy atom. The van der Waals surface area contributed by atoms with Gasteiger partial charge in [0.2, 0.25) is 0 Å². The lowest BCUT2D eigenvalue weighted by Gasteiger charge is -2.09. The Hall–Kier alpha value is -2.80. The number of carbonyl (C=O) groups excluding carboxylic acids is 1. The number of rotatable bonds is 5. The van der Waals surface area contributed by atoms with E-state index in [-0.39, 0.29) is 11.5 Å². The molecular formula is C20H22N4O2S. The molecule has 0 aliphatic carbocycles. The quantitative estimate of drug-likeness (QED) is 0.736. The Morgan fingerprint density at radius 2 is 1.89 bits per heavy atom. The van der Waals surface area contributed by atoms with Crippen LogP contribution >= 0.6 is 11.3 Å². The predicted octanol–water partition coefficient (Wildman–Crippen LogP) is 3.03. The van der Waals surface area contributed by atoms with Crippen LogP contribution in [0, 0.1) is 27.7 Å². The summed E-state index contributed by atoms with van der Waals surface area (Å²) in [6.07, 6.45) is 0. The van der Waals surface area contributed by atoms with Gasteiger partial charge in [-0.2, -0.15) is 5.10 Å². The molecule has 0 spiro atoms. The molecule has 0 fully saturated rings. The molecule has 140 valence electrons. The third-order valence-corrected chi connectivity index (χ3v) is 5.48. The summed E-state index contributed by atoms with van der Waals surface area (Å²) < 4.78 is 1.38. The first-order chi connectivity index (χ1) is 12.8. The third-order valence-electron chi connectivity index (χ3n) is 4.38. The maximum atomic E-state index is 12.3. The molecule has 2 aromatic heterocycles. The molecular weight excluding hydrogens is 360 g/mol. The highest BCUT2D eigenvalue weighted by Gasteiger charge is 2.11. The van der Waals surface area contributed by atoms with Crippen molar-refractivity contribution in [2.45, 2.75) is 34.2 Å². The summed E-state index contributed by atoms with van der Waals surface area (Å²) in [5, 5.41) is 8.24. The first kappa shape index (κ1) is 19.0. The number of carbonyl (C=O) groups is 1. The van der Waals surface area contributed by atoms with E-state index in [1.54, 1.807) is 23.5 Å². The maximum Gasteiger partial charge on any atom is 0.266 e. The van der Waals surface area contributed by atoms with Crippen LogP contribution in [0.3, 0.4) is 0 Å². The van der Waals surface area contributed by atoms with Gasteiger partial charge in [0.25, 0.3) is 11.5 Å². The molecule has 3 rings (SSSR count). The molecule has 1 N–H and O–H groups in total. The Labute approximate surface area is 161 Å². The van der Waals surface area contributed by atoms with E-state index in [1.165, 1.54) is 10.7 Å². The number of benzene rings is 1. The molecule has 1 aromatic carbocycles. The molecule has 6 nitrogen and oxygen atoms in total. The Morgan fingerprint density at radius 3 is 2.56 bits per heavy atom. The summed E-state index contributed by atoms with van der Waals surface area (Å²) >= 11 is 1.55. The topological polar surface area (TPSA) is 76.9 Å². The number of nitrogens with zero attached hydrogens (tertiary/aromatic N) is 3. The van der Waals surface area contributed by atoms with Crippen LogP contribution in [0.2, 0.25) is 0 Å². The molecule has 0 saturated heterocycles. The summed E-state index contributed by atoms with van der Waals surface area (Å²) in [5.74, 6) is -0.156. The average molecular weight is 382 g/mol. The van der Waals surface area contributed by atoms with Gasteiger partial charge in [-0.1, -0.05) is 6.07 Å².